The molecule has 2 rings (SSSR count). The van der Waals surface area contributed by atoms with Crippen LogP contribution in [0.2, 0.25) is 0 Å². The molecule has 1 aromatic heterocycles. The summed E-state index contributed by atoms with van der Waals surface area (Å²) >= 11 is 0. The zero-order chi connectivity index (χ0) is 13.7. The second-order valence-corrected chi connectivity index (χ2v) is 4.52. The van der Waals surface area contributed by atoms with E-state index in [0.717, 1.165) is 11.4 Å². The van der Waals surface area contributed by atoms with E-state index < -0.39 is 0 Å². The average molecular weight is 268 g/mol. The van der Waals surface area contributed by atoms with Crippen molar-refractivity contribution in [3.8, 4) is 0 Å². The monoisotopic (exact) mass is 268 g/mol. The Kier molecular flexibility index (Phi) is 4.89. The fourth-order valence-corrected chi connectivity index (χ4v) is 2.09. The van der Waals surface area contributed by atoms with Crippen LogP contribution in [-0.4, -0.2) is 55.4 Å². The summed E-state index contributed by atoms with van der Waals surface area (Å²) in [4.78, 5) is 19.3. The Balaban J connectivity index is 1.81. The van der Waals surface area contributed by atoms with Gasteiger partial charge in [-0.3, -0.25) is 10.1 Å². The van der Waals surface area contributed by atoms with E-state index in [0.29, 0.717) is 26.1 Å². The van der Waals surface area contributed by atoms with Crippen LogP contribution in [0.1, 0.15) is 11.4 Å². The van der Waals surface area contributed by atoms with Crippen molar-refractivity contribution in [2.45, 2.75) is 25.1 Å². The molecule has 0 bridgehead atoms. The standard InChI is InChI=1S/C12H20N4O3/c1-18-6-8(19-2)4-14-12(17)10-3-9-11(5-13-10)16-7-15-9/h7-8,10,13H,3-6H2,1-2H3,(H,14,17)(H,15,16). The van der Waals surface area contributed by atoms with Gasteiger partial charge in [0.1, 0.15) is 0 Å². The molecule has 0 aromatic carbocycles. The molecule has 19 heavy (non-hydrogen) atoms. The van der Waals surface area contributed by atoms with E-state index in [2.05, 4.69) is 20.6 Å². The Morgan fingerprint density at radius 3 is 3.21 bits per heavy atom. The highest BCUT2D eigenvalue weighted by molar-refractivity contribution is 5.82. The summed E-state index contributed by atoms with van der Waals surface area (Å²) in [6.45, 7) is 1.53. The summed E-state index contributed by atoms with van der Waals surface area (Å²) in [7, 11) is 3.21. The number of fused-ring (bicyclic) bond motifs is 1. The highest BCUT2D eigenvalue weighted by atomic mass is 16.5. The molecular formula is C12H20N4O3. The third-order valence-corrected chi connectivity index (χ3v) is 3.24. The number of amides is 1. The number of H-pyrrole nitrogens is 1. The van der Waals surface area contributed by atoms with Crippen LogP contribution < -0.4 is 10.6 Å². The molecule has 3 N–H and O–H groups in total. The molecule has 0 aliphatic carbocycles. The third kappa shape index (κ3) is 3.52. The van der Waals surface area contributed by atoms with Crippen LogP contribution in [0.25, 0.3) is 0 Å². The topological polar surface area (TPSA) is 88.3 Å². The van der Waals surface area contributed by atoms with Crippen molar-refractivity contribution in [2.75, 3.05) is 27.4 Å². The molecule has 1 aliphatic rings. The van der Waals surface area contributed by atoms with E-state index in [1.807, 2.05) is 0 Å². The third-order valence-electron chi connectivity index (χ3n) is 3.24. The van der Waals surface area contributed by atoms with E-state index >= 15 is 0 Å². The second kappa shape index (κ2) is 6.65. The number of hydrogen-bond acceptors (Lipinski definition) is 5. The number of aromatic nitrogens is 2. The number of carbonyl (C=O) groups excluding carboxylic acids is 1. The number of rotatable bonds is 6. The Hall–Kier alpha value is -1.44. The van der Waals surface area contributed by atoms with Crippen LogP contribution in [0.4, 0.5) is 0 Å². The maximum absolute atomic E-state index is 12.0. The SMILES string of the molecule is COCC(CNC(=O)C1Cc2nc[nH]c2CN1)OC. The van der Waals surface area contributed by atoms with Gasteiger partial charge in [0.05, 0.1) is 36.5 Å². The van der Waals surface area contributed by atoms with Gasteiger partial charge in [-0.1, -0.05) is 0 Å². The number of nitrogens with one attached hydrogen (secondary N) is 3. The molecule has 106 valence electrons. The molecule has 2 heterocycles. The van der Waals surface area contributed by atoms with Crippen molar-refractivity contribution >= 4 is 5.91 Å². The van der Waals surface area contributed by atoms with E-state index in [1.54, 1.807) is 20.5 Å². The zero-order valence-electron chi connectivity index (χ0n) is 11.2. The molecule has 0 spiro atoms. The number of imidazole rings is 1. The molecule has 0 saturated carbocycles. The Morgan fingerprint density at radius 2 is 2.47 bits per heavy atom. The maximum atomic E-state index is 12.0. The predicted molar refractivity (Wildman–Crippen MR) is 68.6 cm³/mol. The molecule has 2 atom stereocenters. The number of aromatic amines is 1. The van der Waals surface area contributed by atoms with Gasteiger partial charge in [0.2, 0.25) is 5.91 Å². The predicted octanol–water partition coefficient (Wildman–Crippen LogP) is -0.798. The zero-order valence-corrected chi connectivity index (χ0v) is 11.2. The number of ether oxygens (including phenoxy) is 2. The van der Waals surface area contributed by atoms with Crippen LogP contribution in [0, 0.1) is 0 Å². The lowest BCUT2D eigenvalue weighted by Gasteiger charge is -2.23. The molecular weight excluding hydrogens is 248 g/mol. The largest absolute Gasteiger partial charge is 0.382 e. The number of methoxy groups -OCH3 is 2. The van der Waals surface area contributed by atoms with Crippen molar-refractivity contribution in [1.82, 2.24) is 20.6 Å². The molecule has 2 unspecified atom stereocenters. The molecule has 7 nitrogen and oxygen atoms in total. The molecule has 0 saturated heterocycles. The van der Waals surface area contributed by atoms with Crippen molar-refractivity contribution in [3.05, 3.63) is 17.7 Å². The van der Waals surface area contributed by atoms with Crippen LogP contribution >= 0.6 is 0 Å². The van der Waals surface area contributed by atoms with Crippen LogP contribution in [0.5, 0.6) is 0 Å². The van der Waals surface area contributed by atoms with Crippen molar-refractivity contribution < 1.29 is 14.3 Å². The number of nitrogens with zero attached hydrogens (tertiary/aromatic N) is 1. The maximum Gasteiger partial charge on any atom is 0.237 e. The first kappa shape index (κ1) is 14.0. The summed E-state index contributed by atoms with van der Waals surface area (Å²) in [6, 6.07) is -0.240. The lowest BCUT2D eigenvalue weighted by Crippen LogP contribution is -2.49. The van der Waals surface area contributed by atoms with E-state index in [1.165, 1.54) is 0 Å². The van der Waals surface area contributed by atoms with E-state index in [-0.39, 0.29) is 18.1 Å². The Morgan fingerprint density at radius 1 is 1.63 bits per heavy atom. The van der Waals surface area contributed by atoms with Gasteiger partial charge in [-0.25, -0.2) is 4.98 Å². The summed E-state index contributed by atoms with van der Waals surface area (Å²) in [5.74, 6) is -0.0354. The van der Waals surface area contributed by atoms with Crippen LogP contribution in [-0.2, 0) is 27.2 Å². The quantitative estimate of drug-likeness (QED) is 0.629. The van der Waals surface area contributed by atoms with Gasteiger partial charge in [0.25, 0.3) is 0 Å². The second-order valence-electron chi connectivity index (χ2n) is 4.52. The lowest BCUT2D eigenvalue weighted by molar-refractivity contribution is -0.124. The minimum atomic E-state index is -0.240. The van der Waals surface area contributed by atoms with Gasteiger partial charge in [0.15, 0.2) is 0 Å². The van der Waals surface area contributed by atoms with Crippen LogP contribution in [0.3, 0.4) is 0 Å². The fourth-order valence-electron chi connectivity index (χ4n) is 2.09. The normalized spacial score (nSPS) is 19.8. The first-order chi connectivity index (χ1) is 9.24. The van der Waals surface area contributed by atoms with Gasteiger partial charge in [-0.15, -0.1) is 0 Å². The molecule has 0 radical (unpaired) electrons. The summed E-state index contributed by atoms with van der Waals surface area (Å²) in [5.41, 5.74) is 2.01. The molecule has 1 aliphatic heterocycles. The number of hydrogen-bond donors (Lipinski definition) is 3. The summed E-state index contributed by atoms with van der Waals surface area (Å²) in [6.07, 6.45) is 2.14. The minimum absolute atomic E-state index is 0.0354. The van der Waals surface area contributed by atoms with E-state index in [9.17, 15) is 4.79 Å². The number of carbonyl (C=O) groups is 1. The van der Waals surface area contributed by atoms with Gasteiger partial charge in [-0.2, -0.15) is 0 Å². The Bertz CT molecular complexity index is 421. The van der Waals surface area contributed by atoms with Crippen molar-refractivity contribution in [2.24, 2.45) is 0 Å². The molecule has 0 fully saturated rings. The van der Waals surface area contributed by atoms with Crippen molar-refractivity contribution in [3.63, 3.8) is 0 Å². The minimum Gasteiger partial charge on any atom is -0.382 e. The van der Waals surface area contributed by atoms with Crippen molar-refractivity contribution in [1.29, 1.82) is 0 Å². The molecule has 7 heteroatoms. The summed E-state index contributed by atoms with van der Waals surface area (Å²) < 4.78 is 10.2. The average Bonchev–Trinajstić information content (AvgIpc) is 2.90. The molecule has 1 amide bonds. The first-order valence-corrected chi connectivity index (χ1v) is 6.28. The smallest absolute Gasteiger partial charge is 0.237 e. The molecule has 1 aromatic rings. The first-order valence-electron chi connectivity index (χ1n) is 6.28. The Labute approximate surface area is 112 Å². The lowest BCUT2D eigenvalue weighted by atomic mass is 10.0. The van der Waals surface area contributed by atoms with Gasteiger partial charge < -0.3 is 19.8 Å². The van der Waals surface area contributed by atoms with E-state index in [4.69, 9.17) is 9.47 Å². The van der Waals surface area contributed by atoms with Crippen LogP contribution in [0.15, 0.2) is 6.33 Å². The van der Waals surface area contributed by atoms with Gasteiger partial charge in [0, 0.05) is 33.7 Å². The van der Waals surface area contributed by atoms with Gasteiger partial charge >= 0.3 is 0 Å². The summed E-state index contributed by atoms with van der Waals surface area (Å²) in [5, 5.41) is 6.05. The van der Waals surface area contributed by atoms with Gasteiger partial charge in [-0.05, 0) is 0 Å². The fraction of sp³-hybridized carbons (Fsp3) is 0.667. The highest BCUT2D eigenvalue weighted by Crippen LogP contribution is 2.11. The highest BCUT2D eigenvalue weighted by Gasteiger charge is 2.25.